The quantitative estimate of drug-likeness (QED) is 0.304. The predicted molar refractivity (Wildman–Crippen MR) is 123 cm³/mol. The van der Waals surface area contributed by atoms with Crippen LogP contribution >= 0.6 is 0 Å². The molecule has 33 heavy (non-hydrogen) atoms. The zero-order valence-corrected chi connectivity index (χ0v) is 17.2. The summed E-state index contributed by atoms with van der Waals surface area (Å²) >= 11 is 0. The Morgan fingerprint density at radius 3 is 1.36 bits per heavy atom. The van der Waals surface area contributed by atoms with Crippen molar-refractivity contribution in [1.29, 1.82) is 0 Å². The normalized spacial score (nSPS) is 11.2. The fraction of sp³-hybridized carbons (Fsp3) is 0. The van der Waals surface area contributed by atoms with Gasteiger partial charge in [-0.25, -0.2) is 4.79 Å². The highest BCUT2D eigenvalue weighted by Crippen LogP contribution is 2.19. The molecule has 0 unspecified atom stereocenters. The second kappa shape index (κ2) is 7.69. The van der Waals surface area contributed by atoms with Crippen LogP contribution in [0.25, 0.3) is 33.4 Å². The van der Waals surface area contributed by atoms with Crippen LogP contribution in [0.3, 0.4) is 0 Å². The predicted octanol–water partition coefficient (Wildman–Crippen LogP) is 4.37. The maximum atomic E-state index is 12.6. The largest absolute Gasteiger partial charge is 0.423 e. The van der Waals surface area contributed by atoms with Gasteiger partial charge in [0.1, 0.15) is 27.8 Å². The van der Waals surface area contributed by atoms with Crippen molar-refractivity contribution in [3.05, 3.63) is 103 Å². The summed E-state index contributed by atoms with van der Waals surface area (Å²) in [6.45, 7) is 0. The van der Waals surface area contributed by atoms with Gasteiger partial charge in [-0.3, -0.25) is 0 Å². The van der Waals surface area contributed by atoms with Gasteiger partial charge in [-0.2, -0.15) is 9.59 Å². The van der Waals surface area contributed by atoms with E-state index in [2.05, 4.69) is 20.4 Å². The number of benzene rings is 4. The number of carbonyl (C=O) groups is 1. The molecule has 0 atom stereocenters. The maximum absolute atomic E-state index is 12.6. The Labute approximate surface area is 187 Å². The van der Waals surface area contributed by atoms with Crippen LogP contribution < -0.4 is 4.74 Å². The van der Waals surface area contributed by atoms with E-state index in [0.717, 1.165) is 33.4 Å². The standard InChI is InChI=1S/C25H16N6O2/c32-25(17-9-11-18(12-10-17)30-26-21-5-1-2-6-22(21)27-30)33-20-15-13-19(14-16-20)31-28-23-7-3-4-8-24(23)29-31/h1-16H. The summed E-state index contributed by atoms with van der Waals surface area (Å²) in [5.74, 6) is -0.0135. The van der Waals surface area contributed by atoms with Crippen LogP contribution in [-0.4, -0.2) is 36.0 Å². The number of esters is 1. The molecule has 0 bridgehead atoms. The molecule has 8 nitrogen and oxygen atoms in total. The molecule has 4 aromatic carbocycles. The Kier molecular flexibility index (Phi) is 4.40. The fourth-order valence-corrected chi connectivity index (χ4v) is 3.49. The average molecular weight is 432 g/mol. The molecule has 8 heteroatoms. The van der Waals surface area contributed by atoms with E-state index in [-0.39, 0.29) is 0 Å². The van der Waals surface area contributed by atoms with Gasteiger partial charge in [-0.1, -0.05) is 24.3 Å². The van der Waals surface area contributed by atoms with Crippen LogP contribution in [0.15, 0.2) is 97.1 Å². The molecule has 0 aliphatic heterocycles. The lowest BCUT2D eigenvalue weighted by atomic mass is 10.2. The van der Waals surface area contributed by atoms with Gasteiger partial charge in [0.25, 0.3) is 0 Å². The highest BCUT2D eigenvalue weighted by atomic mass is 16.5. The highest BCUT2D eigenvalue weighted by Gasteiger charge is 2.11. The third-order valence-electron chi connectivity index (χ3n) is 5.19. The Morgan fingerprint density at radius 1 is 0.545 bits per heavy atom. The van der Waals surface area contributed by atoms with Gasteiger partial charge in [-0.05, 0) is 72.8 Å². The van der Waals surface area contributed by atoms with Crippen LogP contribution in [0.2, 0.25) is 0 Å². The summed E-state index contributed by atoms with van der Waals surface area (Å²) in [7, 11) is 0. The van der Waals surface area contributed by atoms with Crippen LogP contribution in [0.5, 0.6) is 5.75 Å². The molecule has 0 radical (unpaired) electrons. The Bertz CT molecular complexity index is 1530. The summed E-state index contributed by atoms with van der Waals surface area (Å²) in [6, 6.07) is 29.3. The van der Waals surface area contributed by atoms with Gasteiger partial charge in [-0.15, -0.1) is 20.4 Å². The molecule has 6 rings (SSSR count). The molecular weight excluding hydrogens is 416 g/mol. The van der Waals surface area contributed by atoms with Crippen molar-refractivity contribution in [2.45, 2.75) is 0 Å². The number of carbonyl (C=O) groups excluding carboxylic acids is 1. The van der Waals surface area contributed by atoms with Crippen molar-refractivity contribution >= 4 is 28.0 Å². The van der Waals surface area contributed by atoms with Gasteiger partial charge >= 0.3 is 5.97 Å². The number of ether oxygens (including phenoxy) is 1. The zero-order chi connectivity index (χ0) is 22.2. The lowest BCUT2D eigenvalue weighted by Crippen LogP contribution is -2.09. The van der Waals surface area contributed by atoms with E-state index < -0.39 is 5.97 Å². The smallest absolute Gasteiger partial charge is 0.343 e. The first-order valence-electron chi connectivity index (χ1n) is 10.3. The van der Waals surface area contributed by atoms with Gasteiger partial charge in [0.2, 0.25) is 0 Å². The number of hydrogen-bond acceptors (Lipinski definition) is 6. The van der Waals surface area contributed by atoms with Crippen molar-refractivity contribution in [2.24, 2.45) is 0 Å². The molecule has 6 aromatic rings. The fourth-order valence-electron chi connectivity index (χ4n) is 3.49. The number of hydrogen-bond donors (Lipinski definition) is 0. The van der Waals surface area contributed by atoms with Crippen molar-refractivity contribution in [3.8, 4) is 17.1 Å². The molecule has 0 saturated heterocycles. The van der Waals surface area contributed by atoms with E-state index in [4.69, 9.17) is 4.74 Å². The van der Waals surface area contributed by atoms with Crippen LogP contribution in [0.4, 0.5) is 0 Å². The lowest BCUT2D eigenvalue weighted by molar-refractivity contribution is 0.0734. The van der Waals surface area contributed by atoms with E-state index >= 15 is 0 Å². The monoisotopic (exact) mass is 432 g/mol. The zero-order valence-electron chi connectivity index (χ0n) is 17.2. The number of fused-ring (bicyclic) bond motifs is 2. The summed E-state index contributed by atoms with van der Waals surface area (Å²) in [5, 5.41) is 17.8. The summed E-state index contributed by atoms with van der Waals surface area (Å²) < 4.78 is 5.52. The number of nitrogens with zero attached hydrogens (tertiary/aromatic N) is 6. The van der Waals surface area contributed by atoms with Crippen molar-refractivity contribution in [1.82, 2.24) is 30.0 Å². The van der Waals surface area contributed by atoms with E-state index in [1.165, 1.54) is 0 Å². The maximum Gasteiger partial charge on any atom is 0.343 e. The Balaban J connectivity index is 1.17. The molecule has 0 fully saturated rings. The number of rotatable bonds is 4. The summed E-state index contributed by atoms with van der Waals surface area (Å²) in [4.78, 5) is 15.7. The van der Waals surface area contributed by atoms with Crippen molar-refractivity contribution in [3.63, 3.8) is 0 Å². The SMILES string of the molecule is O=C(Oc1ccc(-n2nc3ccccc3n2)cc1)c1ccc(-n2nc3ccccc3n2)cc1. The molecule has 0 N–H and O–H groups in total. The third kappa shape index (κ3) is 3.59. The van der Waals surface area contributed by atoms with Crippen molar-refractivity contribution in [2.75, 3.05) is 0 Å². The van der Waals surface area contributed by atoms with E-state index in [0.29, 0.717) is 11.3 Å². The minimum Gasteiger partial charge on any atom is -0.423 e. The molecule has 0 spiro atoms. The second-order valence-corrected chi connectivity index (χ2v) is 7.39. The summed E-state index contributed by atoms with van der Waals surface area (Å²) in [5.41, 5.74) is 5.20. The van der Waals surface area contributed by atoms with E-state index in [9.17, 15) is 4.79 Å². The van der Waals surface area contributed by atoms with Gasteiger partial charge in [0.15, 0.2) is 0 Å². The molecule has 0 aliphatic carbocycles. The summed E-state index contributed by atoms with van der Waals surface area (Å²) in [6.07, 6.45) is 0. The number of aromatic nitrogens is 6. The average Bonchev–Trinajstić information content (AvgIpc) is 3.49. The van der Waals surface area contributed by atoms with Crippen LogP contribution in [0, 0.1) is 0 Å². The van der Waals surface area contributed by atoms with Gasteiger partial charge in [0.05, 0.1) is 16.9 Å². The minimum absolute atomic E-state index is 0.430. The first-order valence-corrected chi connectivity index (χ1v) is 10.3. The topological polar surface area (TPSA) is 87.7 Å². The van der Waals surface area contributed by atoms with Crippen molar-refractivity contribution < 1.29 is 9.53 Å². The molecule has 2 heterocycles. The molecule has 2 aromatic heterocycles. The Morgan fingerprint density at radius 2 is 0.939 bits per heavy atom. The van der Waals surface area contributed by atoms with Crippen LogP contribution in [0.1, 0.15) is 10.4 Å². The van der Waals surface area contributed by atoms with E-state index in [1.807, 2.05) is 48.5 Å². The Hall–Kier alpha value is -4.85. The third-order valence-corrected chi connectivity index (χ3v) is 5.19. The first-order chi connectivity index (χ1) is 16.2. The highest BCUT2D eigenvalue weighted by molar-refractivity contribution is 5.91. The second-order valence-electron chi connectivity index (χ2n) is 7.39. The van der Waals surface area contributed by atoms with E-state index in [1.54, 1.807) is 58.1 Å². The van der Waals surface area contributed by atoms with Gasteiger partial charge in [0, 0.05) is 0 Å². The molecule has 158 valence electrons. The lowest BCUT2D eigenvalue weighted by Gasteiger charge is -2.06. The molecular formula is C25H16N6O2. The molecule has 0 amide bonds. The minimum atomic E-state index is -0.448. The first kappa shape index (κ1) is 18.9. The molecule has 0 aliphatic rings. The molecule has 0 saturated carbocycles. The van der Waals surface area contributed by atoms with Crippen LogP contribution in [-0.2, 0) is 0 Å². The van der Waals surface area contributed by atoms with Gasteiger partial charge < -0.3 is 4.74 Å².